The van der Waals surface area contributed by atoms with E-state index in [2.05, 4.69) is 47.6 Å². The topological polar surface area (TPSA) is 121 Å². The Hall–Kier alpha value is -3.79. The Morgan fingerprint density at radius 3 is 2.62 bits per heavy atom. The fraction of sp³-hybridized carbons (Fsp3) is 0.483. The molecule has 0 saturated carbocycles. The van der Waals surface area contributed by atoms with Gasteiger partial charge in [0.25, 0.3) is 11.8 Å². The molecule has 12 nitrogen and oxygen atoms in total. The molecule has 2 fully saturated rings. The average Bonchev–Trinajstić information content (AvgIpc) is 3.51. The van der Waals surface area contributed by atoms with Crippen LogP contribution in [-0.2, 0) is 10.9 Å². The lowest BCUT2D eigenvalue weighted by Crippen LogP contribution is -2.50. The maximum atomic E-state index is 13.8. The van der Waals surface area contributed by atoms with Crippen LogP contribution in [0.3, 0.4) is 0 Å². The number of nitrogens with zero attached hydrogens (tertiary/aromatic N) is 7. The first kappa shape index (κ1) is 32.6. The lowest BCUT2D eigenvalue weighted by Gasteiger charge is -2.39. The summed E-state index contributed by atoms with van der Waals surface area (Å²) < 4.78 is 48.1. The second kappa shape index (κ2) is 14.1. The monoisotopic (exact) mass is 649 g/mol. The van der Waals surface area contributed by atoms with Crippen molar-refractivity contribution in [1.82, 2.24) is 35.1 Å². The number of pyridine rings is 1. The minimum absolute atomic E-state index is 0.103. The van der Waals surface area contributed by atoms with E-state index in [0.29, 0.717) is 50.3 Å². The molecule has 0 radical (unpaired) electrons. The number of carbonyl (C=O) groups excluding carboxylic acids is 2. The van der Waals surface area contributed by atoms with Gasteiger partial charge < -0.3 is 25.2 Å². The van der Waals surface area contributed by atoms with E-state index in [0.717, 1.165) is 38.8 Å². The van der Waals surface area contributed by atoms with E-state index in [1.54, 1.807) is 18.2 Å². The Morgan fingerprint density at radius 1 is 1.11 bits per heavy atom. The molecule has 2 amide bonds. The van der Waals surface area contributed by atoms with Crippen molar-refractivity contribution in [3.8, 4) is 5.69 Å². The molecule has 16 heteroatoms. The third kappa shape index (κ3) is 8.09. The normalized spacial score (nSPS) is 18.2. The van der Waals surface area contributed by atoms with Crippen LogP contribution in [0.15, 0.2) is 36.7 Å². The molecular formula is C29H35ClF3N9O3. The number of hydrogen-bond acceptors (Lipinski definition) is 9. The molecule has 2 saturated heterocycles. The molecule has 2 aliphatic rings. The maximum Gasteiger partial charge on any atom is 0.417 e. The van der Waals surface area contributed by atoms with Gasteiger partial charge in [-0.2, -0.15) is 13.2 Å². The zero-order valence-corrected chi connectivity index (χ0v) is 25.7. The van der Waals surface area contributed by atoms with E-state index in [-0.39, 0.29) is 28.5 Å². The van der Waals surface area contributed by atoms with E-state index < -0.39 is 23.2 Å². The zero-order valence-electron chi connectivity index (χ0n) is 25.0. The van der Waals surface area contributed by atoms with Gasteiger partial charge in [-0.05, 0) is 51.2 Å². The van der Waals surface area contributed by atoms with Crippen LogP contribution in [0.4, 0.5) is 24.5 Å². The largest absolute Gasteiger partial charge is 0.417 e. The van der Waals surface area contributed by atoms with E-state index in [4.69, 9.17) is 16.3 Å². The fourth-order valence-corrected chi connectivity index (χ4v) is 5.42. The second-order valence-corrected chi connectivity index (χ2v) is 11.5. The summed E-state index contributed by atoms with van der Waals surface area (Å²) in [6, 6.07) is 5.93. The van der Waals surface area contributed by atoms with Crippen LogP contribution < -0.4 is 15.5 Å². The van der Waals surface area contributed by atoms with Crippen molar-refractivity contribution in [1.29, 1.82) is 0 Å². The molecule has 242 valence electrons. The number of halogens is 4. The summed E-state index contributed by atoms with van der Waals surface area (Å²) in [5.74, 6) is -1.38. The number of carbonyl (C=O) groups is 2. The number of aromatic nitrogens is 4. The van der Waals surface area contributed by atoms with Gasteiger partial charge >= 0.3 is 6.18 Å². The van der Waals surface area contributed by atoms with Gasteiger partial charge in [0.2, 0.25) is 0 Å². The van der Waals surface area contributed by atoms with Crippen molar-refractivity contribution >= 4 is 34.8 Å². The van der Waals surface area contributed by atoms with Gasteiger partial charge in [0.05, 0.1) is 47.6 Å². The zero-order chi connectivity index (χ0) is 32.1. The number of ether oxygens (including phenoxy) is 1. The summed E-state index contributed by atoms with van der Waals surface area (Å²) in [4.78, 5) is 36.3. The highest BCUT2D eigenvalue weighted by molar-refractivity contribution is 6.29. The number of piperazine rings is 1. The van der Waals surface area contributed by atoms with Crippen LogP contribution in [0.25, 0.3) is 5.69 Å². The Morgan fingerprint density at radius 2 is 1.89 bits per heavy atom. The van der Waals surface area contributed by atoms with Crippen LogP contribution in [0.2, 0.25) is 5.15 Å². The number of amides is 2. The third-order valence-corrected chi connectivity index (χ3v) is 8.19. The number of hydrogen-bond donors (Lipinski definition) is 2. The van der Waals surface area contributed by atoms with E-state index >= 15 is 0 Å². The van der Waals surface area contributed by atoms with Crippen molar-refractivity contribution in [3.05, 3.63) is 58.6 Å². The smallest absolute Gasteiger partial charge is 0.379 e. The molecular weight excluding hydrogens is 615 g/mol. The molecule has 2 aromatic heterocycles. The van der Waals surface area contributed by atoms with Crippen LogP contribution in [-0.4, -0.2) is 114 Å². The van der Waals surface area contributed by atoms with Crippen molar-refractivity contribution < 1.29 is 27.5 Å². The predicted octanol–water partition coefficient (Wildman–Crippen LogP) is 3.18. The third-order valence-electron chi connectivity index (χ3n) is 7.98. The quantitative estimate of drug-likeness (QED) is 0.266. The highest BCUT2D eigenvalue weighted by Crippen LogP contribution is 2.35. The predicted molar refractivity (Wildman–Crippen MR) is 162 cm³/mol. The molecule has 3 aromatic rings. The molecule has 0 aliphatic carbocycles. The van der Waals surface area contributed by atoms with Crippen molar-refractivity contribution in [3.63, 3.8) is 0 Å². The molecule has 5 rings (SSSR count). The van der Waals surface area contributed by atoms with Gasteiger partial charge in [-0.3, -0.25) is 14.5 Å². The Kier molecular flexibility index (Phi) is 10.2. The maximum absolute atomic E-state index is 13.8. The van der Waals surface area contributed by atoms with Gasteiger partial charge in [0.15, 0.2) is 5.69 Å². The number of rotatable bonds is 9. The minimum atomic E-state index is -4.82. The van der Waals surface area contributed by atoms with E-state index in [1.165, 1.54) is 10.9 Å². The lowest BCUT2D eigenvalue weighted by molar-refractivity contribution is -0.138. The first-order valence-corrected chi connectivity index (χ1v) is 15.0. The highest BCUT2D eigenvalue weighted by Gasteiger charge is 2.36. The molecule has 0 bridgehead atoms. The summed E-state index contributed by atoms with van der Waals surface area (Å²) in [5, 5.41) is 13.2. The minimum Gasteiger partial charge on any atom is -0.379 e. The molecule has 1 aromatic carbocycles. The molecule has 0 spiro atoms. The Balaban J connectivity index is 1.35. The summed E-state index contributed by atoms with van der Waals surface area (Å²) >= 11 is 5.72. The molecule has 1 atom stereocenters. The lowest BCUT2D eigenvalue weighted by atomic mass is 10.1. The van der Waals surface area contributed by atoms with Crippen LogP contribution >= 0.6 is 11.6 Å². The number of benzene rings is 1. The first-order valence-electron chi connectivity index (χ1n) is 14.6. The summed E-state index contributed by atoms with van der Waals surface area (Å²) in [5.41, 5.74) is -0.416. The van der Waals surface area contributed by atoms with Gasteiger partial charge in [-0.25, -0.2) is 9.67 Å². The molecule has 0 unspecified atom stereocenters. The van der Waals surface area contributed by atoms with Crippen molar-refractivity contribution in [2.75, 3.05) is 76.3 Å². The second-order valence-electron chi connectivity index (χ2n) is 11.1. The molecule has 2 aliphatic heterocycles. The van der Waals surface area contributed by atoms with Crippen LogP contribution in [0.5, 0.6) is 0 Å². The summed E-state index contributed by atoms with van der Waals surface area (Å²) in [6.45, 7) is 8.58. The van der Waals surface area contributed by atoms with Crippen LogP contribution in [0, 0.1) is 0 Å². The number of nitrogens with one attached hydrogen (secondary N) is 2. The SMILES string of the molecule is C[C@H]1CN(c2ccc(-n3cc(C(=O)NCCCN4CCOCC4)nn3)cc2NC(=O)c2cnc(Cl)cc2C(F)(F)F)CCN1C. The summed E-state index contributed by atoms with van der Waals surface area (Å²) in [7, 11) is 2.02. The van der Waals surface area contributed by atoms with Gasteiger partial charge in [-0.15, -0.1) is 5.10 Å². The Bertz CT molecular complexity index is 1510. The van der Waals surface area contributed by atoms with Crippen LogP contribution in [0.1, 0.15) is 39.8 Å². The number of anilines is 2. The van der Waals surface area contributed by atoms with Crippen molar-refractivity contribution in [2.24, 2.45) is 0 Å². The number of alkyl halides is 3. The highest BCUT2D eigenvalue weighted by atomic mass is 35.5. The molecule has 4 heterocycles. The molecule has 2 N–H and O–H groups in total. The fourth-order valence-electron chi connectivity index (χ4n) is 5.26. The van der Waals surface area contributed by atoms with Crippen molar-refractivity contribution in [2.45, 2.75) is 25.6 Å². The van der Waals surface area contributed by atoms with Gasteiger partial charge in [-0.1, -0.05) is 16.8 Å². The summed E-state index contributed by atoms with van der Waals surface area (Å²) in [6.07, 6.45) is -1.78. The molecule has 45 heavy (non-hydrogen) atoms. The van der Waals surface area contributed by atoms with E-state index in [9.17, 15) is 22.8 Å². The Labute approximate surface area is 263 Å². The first-order chi connectivity index (χ1) is 21.5. The number of likely N-dealkylation sites (N-methyl/N-ethyl adjacent to an activating group) is 1. The average molecular weight is 650 g/mol. The van der Waals surface area contributed by atoms with E-state index in [1.807, 2.05) is 7.05 Å². The van der Waals surface area contributed by atoms with Gasteiger partial charge in [0.1, 0.15) is 5.15 Å². The van der Waals surface area contributed by atoms with Gasteiger partial charge in [0, 0.05) is 51.5 Å². The standard InChI is InChI=1S/C29H35ClF3N9O3/c1-19-17-41(9-8-39(19)2)25-5-4-20(14-23(25)36-27(43)21-16-35-26(30)15-22(21)29(31,32)33)42-18-24(37-38-42)28(44)34-6-3-7-40-10-12-45-13-11-40/h4-5,14-16,18-19H,3,6-13,17H2,1-2H3,(H,34,44)(H,36,43)/t19-/m0/s1. The number of morpholine rings is 1.